The molecule has 2 rings (SSSR count). The number of nitrogens with one attached hydrogen (secondary N) is 2. The Morgan fingerprint density at radius 1 is 1.17 bits per heavy atom. The summed E-state index contributed by atoms with van der Waals surface area (Å²) in [5.41, 5.74) is 1.68. The molecule has 3 N–H and O–H groups in total. The molecule has 8 nitrogen and oxygen atoms in total. The fraction of sp³-hybridized carbons (Fsp3) is 0.214. The molecular weight excluding hydrogens is 320 g/mol. The Balaban J connectivity index is 2.25. The zero-order valence-electron chi connectivity index (χ0n) is 12.6. The van der Waals surface area contributed by atoms with Crippen LogP contribution in [0.3, 0.4) is 0 Å². The maximum absolute atomic E-state index is 12.4. The van der Waals surface area contributed by atoms with Gasteiger partial charge in [0.2, 0.25) is 5.95 Å². The molecule has 0 fully saturated rings. The summed E-state index contributed by atoms with van der Waals surface area (Å²) in [6, 6.07) is 7.56. The first kappa shape index (κ1) is 16.7. The predicted octanol–water partition coefficient (Wildman–Crippen LogP) is 1.39. The number of hydrogen-bond donors (Lipinski definition) is 3. The number of rotatable bonds is 6. The van der Waals surface area contributed by atoms with Gasteiger partial charge in [-0.1, -0.05) is 6.07 Å². The molecule has 0 saturated carbocycles. The highest BCUT2D eigenvalue weighted by atomic mass is 32.2. The van der Waals surface area contributed by atoms with E-state index in [1.54, 1.807) is 26.0 Å². The Morgan fingerprint density at radius 3 is 2.43 bits per heavy atom. The van der Waals surface area contributed by atoms with Crippen molar-refractivity contribution in [1.82, 2.24) is 9.97 Å². The van der Waals surface area contributed by atoms with E-state index in [9.17, 15) is 13.2 Å². The number of aliphatic carboxylic acids is 1. The van der Waals surface area contributed by atoms with Crippen molar-refractivity contribution in [3.63, 3.8) is 0 Å². The Morgan fingerprint density at radius 2 is 1.83 bits per heavy atom. The normalized spacial score (nSPS) is 11.0. The molecule has 0 spiro atoms. The van der Waals surface area contributed by atoms with Crippen LogP contribution in [0.5, 0.6) is 0 Å². The first-order chi connectivity index (χ1) is 10.8. The van der Waals surface area contributed by atoms with Gasteiger partial charge in [0.05, 0.1) is 4.90 Å². The Bertz CT molecular complexity index is 816. The molecule has 0 atom stereocenters. The Labute approximate surface area is 133 Å². The number of anilines is 2. The number of aryl methyl sites for hydroxylation is 2. The third-order valence-corrected chi connectivity index (χ3v) is 4.12. The Kier molecular flexibility index (Phi) is 4.80. The maximum atomic E-state index is 12.4. The number of hydrogen-bond acceptors (Lipinski definition) is 6. The molecule has 2 aromatic rings. The van der Waals surface area contributed by atoms with E-state index in [1.807, 2.05) is 0 Å². The van der Waals surface area contributed by atoms with Gasteiger partial charge in [0.25, 0.3) is 10.0 Å². The Hall–Kier alpha value is -2.68. The topological polar surface area (TPSA) is 121 Å². The molecule has 0 aliphatic rings. The lowest BCUT2D eigenvalue weighted by Gasteiger charge is -2.10. The van der Waals surface area contributed by atoms with Crippen LogP contribution >= 0.6 is 0 Å². The summed E-state index contributed by atoms with van der Waals surface area (Å²) in [4.78, 5) is 18.6. The van der Waals surface area contributed by atoms with E-state index in [0.717, 1.165) is 0 Å². The van der Waals surface area contributed by atoms with Gasteiger partial charge < -0.3 is 10.4 Å². The monoisotopic (exact) mass is 336 g/mol. The van der Waals surface area contributed by atoms with Crippen LogP contribution in [0.2, 0.25) is 0 Å². The first-order valence-electron chi connectivity index (χ1n) is 6.67. The standard InChI is InChI=1S/C14H16N4O4S/c1-9-6-10(2)17-14(16-9)18-23(21,22)12-5-3-4-11(7-12)15-8-13(19)20/h3-7,15H,8H2,1-2H3,(H,19,20)(H,16,17,18). The molecule has 1 aromatic heterocycles. The smallest absolute Gasteiger partial charge is 0.322 e. The van der Waals surface area contributed by atoms with Gasteiger partial charge in [0, 0.05) is 17.1 Å². The number of sulfonamides is 1. The summed E-state index contributed by atoms with van der Waals surface area (Å²) in [6.45, 7) is 3.17. The van der Waals surface area contributed by atoms with Crippen LogP contribution in [-0.4, -0.2) is 36.0 Å². The number of nitrogens with zero attached hydrogens (tertiary/aromatic N) is 2. The van der Waals surface area contributed by atoms with Crippen molar-refractivity contribution in [3.05, 3.63) is 41.7 Å². The molecular formula is C14H16N4O4S. The molecule has 0 unspecified atom stereocenters. The summed E-state index contributed by atoms with van der Waals surface area (Å²) in [5.74, 6) is -1.05. The van der Waals surface area contributed by atoms with Crippen LogP contribution in [0.1, 0.15) is 11.4 Å². The number of carbonyl (C=O) groups is 1. The van der Waals surface area contributed by atoms with Gasteiger partial charge in [-0.25, -0.2) is 23.1 Å². The summed E-state index contributed by atoms with van der Waals surface area (Å²) in [6.07, 6.45) is 0. The lowest BCUT2D eigenvalue weighted by molar-refractivity contribution is -0.134. The van der Waals surface area contributed by atoms with Crippen molar-refractivity contribution in [2.24, 2.45) is 0 Å². The van der Waals surface area contributed by atoms with Gasteiger partial charge in [-0.15, -0.1) is 0 Å². The van der Waals surface area contributed by atoms with Gasteiger partial charge >= 0.3 is 5.97 Å². The summed E-state index contributed by atoms with van der Waals surface area (Å²) < 4.78 is 27.1. The fourth-order valence-electron chi connectivity index (χ4n) is 1.90. The lowest BCUT2D eigenvalue weighted by Crippen LogP contribution is -2.16. The molecule has 0 aliphatic carbocycles. The predicted molar refractivity (Wildman–Crippen MR) is 84.9 cm³/mol. The molecule has 0 saturated heterocycles. The van der Waals surface area contributed by atoms with Crippen molar-refractivity contribution < 1.29 is 18.3 Å². The minimum absolute atomic E-state index is 0.00796. The summed E-state index contributed by atoms with van der Waals surface area (Å²) in [5, 5.41) is 11.3. The number of aromatic nitrogens is 2. The fourth-order valence-corrected chi connectivity index (χ4v) is 2.89. The van der Waals surface area contributed by atoms with E-state index in [4.69, 9.17) is 5.11 Å². The van der Waals surface area contributed by atoms with Crippen molar-refractivity contribution in [3.8, 4) is 0 Å². The third kappa shape index (κ3) is 4.65. The number of carboxylic acid groups (broad SMARTS) is 1. The van der Waals surface area contributed by atoms with E-state index >= 15 is 0 Å². The van der Waals surface area contributed by atoms with Crippen LogP contribution in [0.15, 0.2) is 35.2 Å². The van der Waals surface area contributed by atoms with Gasteiger partial charge in [-0.05, 0) is 38.1 Å². The SMILES string of the molecule is Cc1cc(C)nc(NS(=O)(=O)c2cccc(NCC(=O)O)c2)n1. The molecule has 0 amide bonds. The molecule has 0 radical (unpaired) electrons. The number of carboxylic acids is 1. The summed E-state index contributed by atoms with van der Waals surface area (Å²) in [7, 11) is -3.87. The highest BCUT2D eigenvalue weighted by molar-refractivity contribution is 7.92. The molecule has 0 bridgehead atoms. The largest absolute Gasteiger partial charge is 0.480 e. The van der Waals surface area contributed by atoms with Crippen LogP contribution in [0.4, 0.5) is 11.6 Å². The maximum Gasteiger partial charge on any atom is 0.322 e. The van der Waals surface area contributed by atoms with Gasteiger partial charge in [0.15, 0.2) is 0 Å². The average molecular weight is 336 g/mol. The van der Waals surface area contributed by atoms with Crippen molar-refractivity contribution in [2.75, 3.05) is 16.6 Å². The molecule has 122 valence electrons. The van der Waals surface area contributed by atoms with Crippen LogP contribution in [0.25, 0.3) is 0 Å². The zero-order chi connectivity index (χ0) is 17.0. The second-order valence-electron chi connectivity index (χ2n) is 4.85. The van der Waals surface area contributed by atoms with Crippen molar-refractivity contribution >= 4 is 27.6 Å². The molecule has 9 heteroatoms. The molecule has 0 aliphatic heterocycles. The van der Waals surface area contributed by atoms with E-state index in [-0.39, 0.29) is 17.4 Å². The van der Waals surface area contributed by atoms with E-state index in [1.165, 1.54) is 18.2 Å². The molecule has 1 aromatic carbocycles. The van der Waals surface area contributed by atoms with Gasteiger partial charge in [0.1, 0.15) is 6.54 Å². The second kappa shape index (κ2) is 6.61. The second-order valence-corrected chi connectivity index (χ2v) is 6.54. The van der Waals surface area contributed by atoms with Crippen molar-refractivity contribution in [2.45, 2.75) is 18.7 Å². The summed E-state index contributed by atoms with van der Waals surface area (Å²) >= 11 is 0. The van der Waals surface area contributed by atoms with Crippen molar-refractivity contribution in [1.29, 1.82) is 0 Å². The average Bonchev–Trinajstić information content (AvgIpc) is 2.44. The first-order valence-corrected chi connectivity index (χ1v) is 8.15. The van der Waals surface area contributed by atoms with Crippen LogP contribution in [0, 0.1) is 13.8 Å². The zero-order valence-corrected chi connectivity index (χ0v) is 13.4. The highest BCUT2D eigenvalue weighted by Gasteiger charge is 2.16. The quantitative estimate of drug-likeness (QED) is 0.728. The highest BCUT2D eigenvalue weighted by Crippen LogP contribution is 2.18. The van der Waals surface area contributed by atoms with Crippen LogP contribution < -0.4 is 10.0 Å². The number of benzene rings is 1. The minimum Gasteiger partial charge on any atom is -0.480 e. The van der Waals surface area contributed by atoms with Crippen LogP contribution in [-0.2, 0) is 14.8 Å². The minimum atomic E-state index is -3.87. The third-order valence-electron chi connectivity index (χ3n) is 2.80. The van der Waals surface area contributed by atoms with Gasteiger partial charge in [-0.3, -0.25) is 4.79 Å². The van der Waals surface area contributed by atoms with E-state index in [2.05, 4.69) is 20.0 Å². The van der Waals surface area contributed by atoms with E-state index in [0.29, 0.717) is 17.1 Å². The van der Waals surface area contributed by atoms with E-state index < -0.39 is 16.0 Å². The van der Waals surface area contributed by atoms with Gasteiger partial charge in [-0.2, -0.15) is 0 Å². The molecule has 1 heterocycles. The lowest BCUT2D eigenvalue weighted by atomic mass is 10.3. The molecule has 23 heavy (non-hydrogen) atoms.